The molecule has 31 heavy (non-hydrogen) atoms. The lowest BCUT2D eigenvalue weighted by atomic mass is 10.1. The van der Waals surface area contributed by atoms with E-state index >= 15 is 0 Å². The summed E-state index contributed by atoms with van der Waals surface area (Å²) >= 11 is 1.44. The SMILES string of the molecule is Cc1ccc(OCc2nc(CC(=O)OCC(=O)c3cc(C)n(C4CC4)c3C)cs2)cc1. The molecular formula is C24H26N2O4S. The molecule has 0 aliphatic heterocycles. The second kappa shape index (κ2) is 9.06. The van der Waals surface area contributed by atoms with Gasteiger partial charge in [-0.2, -0.15) is 0 Å². The maximum atomic E-state index is 12.6. The fourth-order valence-electron chi connectivity index (χ4n) is 3.65. The molecular weight excluding hydrogens is 412 g/mol. The molecule has 7 heteroatoms. The first kappa shape index (κ1) is 21.3. The fraction of sp³-hybridized carbons (Fsp3) is 0.375. The third-order valence-electron chi connectivity index (χ3n) is 5.37. The van der Waals surface area contributed by atoms with E-state index in [1.54, 1.807) is 0 Å². The minimum Gasteiger partial charge on any atom is -0.486 e. The average molecular weight is 439 g/mol. The summed E-state index contributed by atoms with van der Waals surface area (Å²) in [7, 11) is 0. The van der Waals surface area contributed by atoms with Crippen molar-refractivity contribution < 1.29 is 19.1 Å². The Hall–Kier alpha value is -2.93. The van der Waals surface area contributed by atoms with Crippen LogP contribution in [-0.2, 0) is 22.6 Å². The lowest BCUT2D eigenvalue weighted by molar-refractivity contribution is -0.141. The van der Waals surface area contributed by atoms with Crippen LogP contribution in [0.15, 0.2) is 35.7 Å². The Balaban J connectivity index is 1.26. The minimum absolute atomic E-state index is 0.0371. The summed E-state index contributed by atoms with van der Waals surface area (Å²) in [6.45, 7) is 6.08. The molecule has 0 spiro atoms. The van der Waals surface area contributed by atoms with E-state index in [9.17, 15) is 9.59 Å². The average Bonchev–Trinajstić information content (AvgIpc) is 3.40. The third kappa shape index (κ3) is 5.22. The highest BCUT2D eigenvalue weighted by Crippen LogP contribution is 2.38. The van der Waals surface area contributed by atoms with Crippen molar-refractivity contribution in [2.75, 3.05) is 6.61 Å². The molecule has 1 fully saturated rings. The van der Waals surface area contributed by atoms with E-state index in [0.29, 0.717) is 23.9 Å². The Kier molecular flexibility index (Phi) is 6.23. The van der Waals surface area contributed by atoms with Crippen molar-refractivity contribution in [1.82, 2.24) is 9.55 Å². The first-order valence-electron chi connectivity index (χ1n) is 10.4. The molecule has 1 saturated carbocycles. The smallest absolute Gasteiger partial charge is 0.312 e. The number of aryl methyl sites for hydroxylation is 2. The quantitative estimate of drug-likeness (QED) is 0.356. The monoisotopic (exact) mass is 438 g/mol. The number of carbonyl (C=O) groups excluding carboxylic acids is 2. The first-order valence-corrected chi connectivity index (χ1v) is 11.3. The number of ketones is 1. The molecule has 6 nitrogen and oxygen atoms in total. The van der Waals surface area contributed by atoms with Crippen LogP contribution in [0.2, 0.25) is 0 Å². The maximum Gasteiger partial charge on any atom is 0.312 e. The summed E-state index contributed by atoms with van der Waals surface area (Å²) in [6, 6.07) is 10.2. The number of hydrogen-bond acceptors (Lipinski definition) is 6. The van der Waals surface area contributed by atoms with E-state index in [4.69, 9.17) is 9.47 Å². The lowest BCUT2D eigenvalue weighted by Crippen LogP contribution is -2.16. The van der Waals surface area contributed by atoms with Gasteiger partial charge in [-0.1, -0.05) is 17.7 Å². The van der Waals surface area contributed by atoms with Gasteiger partial charge in [-0.25, -0.2) is 4.98 Å². The van der Waals surface area contributed by atoms with Crippen LogP contribution in [0.4, 0.5) is 0 Å². The predicted octanol–water partition coefficient (Wildman–Crippen LogP) is 4.75. The van der Waals surface area contributed by atoms with Gasteiger partial charge in [-0.05, 0) is 51.8 Å². The van der Waals surface area contributed by atoms with E-state index in [1.807, 2.05) is 56.5 Å². The standard InChI is InChI=1S/C24H26N2O4S/c1-15-4-8-20(9-5-15)29-13-23-25-18(14-31-23)11-24(28)30-12-22(27)21-10-16(2)26(17(21)3)19-6-7-19/h4-5,8-10,14,19H,6-7,11-13H2,1-3H3. The molecule has 2 aromatic heterocycles. The van der Waals surface area contributed by atoms with E-state index in [2.05, 4.69) is 9.55 Å². The molecule has 1 aromatic carbocycles. The van der Waals surface area contributed by atoms with Gasteiger partial charge in [0, 0.05) is 28.4 Å². The van der Waals surface area contributed by atoms with E-state index < -0.39 is 5.97 Å². The van der Waals surface area contributed by atoms with Crippen LogP contribution in [0.5, 0.6) is 5.75 Å². The molecule has 0 atom stereocenters. The van der Waals surface area contributed by atoms with E-state index in [0.717, 1.165) is 35.0 Å². The zero-order valence-corrected chi connectivity index (χ0v) is 18.8. The van der Waals surface area contributed by atoms with Crippen LogP contribution in [0.3, 0.4) is 0 Å². The van der Waals surface area contributed by atoms with Gasteiger partial charge in [-0.3, -0.25) is 9.59 Å². The Morgan fingerprint density at radius 2 is 1.90 bits per heavy atom. The maximum absolute atomic E-state index is 12.6. The van der Waals surface area contributed by atoms with Crippen molar-refractivity contribution >= 4 is 23.1 Å². The van der Waals surface area contributed by atoms with Crippen molar-refractivity contribution in [2.24, 2.45) is 0 Å². The van der Waals surface area contributed by atoms with Crippen molar-refractivity contribution in [3.63, 3.8) is 0 Å². The van der Waals surface area contributed by atoms with Crippen LogP contribution in [0.25, 0.3) is 0 Å². The van der Waals surface area contributed by atoms with Crippen molar-refractivity contribution in [2.45, 2.75) is 52.7 Å². The van der Waals surface area contributed by atoms with E-state index in [1.165, 1.54) is 16.9 Å². The van der Waals surface area contributed by atoms with Gasteiger partial charge >= 0.3 is 5.97 Å². The number of esters is 1. The van der Waals surface area contributed by atoms with Gasteiger partial charge in [0.05, 0.1) is 12.1 Å². The van der Waals surface area contributed by atoms with Crippen molar-refractivity contribution in [3.8, 4) is 5.75 Å². The van der Waals surface area contributed by atoms with Gasteiger partial charge in [-0.15, -0.1) is 11.3 Å². The highest BCUT2D eigenvalue weighted by atomic mass is 32.1. The Morgan fingerprint density at radius 3 is 2.61 bits per heavy atom. The van der Waals surface area contributed by atoms with Gasteiger partial charge < -0.3 is 14.0 Å². The van der Waals surface area contributed by atoms with Crippen LogP contribution in [0, 0.1) is 20.8 Å². The molecule has 4 rings (SSSR count). The van der Waals surface area contributed by atoms with Crippen molar-refractivity contribution in [3.05, 3.63) is 68.9 Å². The number of rotatable bonds is 9. The summed E-state index contributed by atoms with van der Waals surface area (Å²) in [4.78, 5) is 29.2. The minimum atomic E-state index is -0.458. The lowest BCUT2D eigenvalue weighted by Gasteiger charge is -2.07. The van der Waals surface area contributed by atoms with Gasteiger partial charge in [0.15, 0.2) is 6.61 Å². The highest BCUT2D eigenvalue weighted by molar-refractivity contribution is 7.09. The molecule has 0 radical (unpaired) electrons. The number of benzene rings is 1. The highest BCUT2D eigenvalue weighted by Gasteiger charge is 2.28. The number of ether oxygens (including phenoxy) is 2. The number of Topliss-reactive ketones (excluding diaryl/α,β-unsaturated/α-hetero) is 1. The molecule has 0 bridgehead atoms. The Labute approximate surface area is 185 Å². The number of carbonyl (C=O) groups is 2. The molecule has 0 saturated heterocycles. The fourth-order valence-corrected chi connectivity index (χ4v) is 4.36. The van der Waals surface area contributed by atoms with Gasteiger partial charge in [0.2, 0.25) is 5.78 Å². The Bertz CT molecular complexity index is 1090. The number of hydrogen-bond donors (Lipinski definition) is 0. The van der Waals surface area contributed by atoms with Crippen LogP contribution in [0.1, 0.15) is 56.9 Å². The molecule has 1 aliphatic carbocycles. The number of thiazole rings is 1. The topological polar surface area (TPSA) is 70.4 Å². The summed E-state index contributed by atoms with van der Waals surface area (Å²) in [5.41, 5.74) is 4.47. The second-order valence-electron chi connectivity index (χ2n) is 7.98. The van der Waals surface area contributed by atoms with E-state index in [-0.39, 0.29) is 18.8 Å². The zero-order chi connectivity index (χ0) is 22.0. The largest absolute Gasteiger partial charge is 0.486 e. The second-order valence-corrected chi connectivity index (χ2v) is 8.92. The van der Waals surface area contributed by atoms with Gasteiger partial charge in [0.25, 0.3) is 0 Å². The number of nitrogens with zero attached hydrogens (tertiary/aromatic N) is 2. The van der Waals surface area contributed by atoms with Crippen molar-refractivity contribution in [1.29, 1.82) is 0 Å². The summed E-state index contributed by atoms with van der Waals surface area (Å²) < 4.78 is 13.2. The summed E-state index contributed by atoms with van der Waals surface area (Å²) in [6.07, 6.45) is 2.35. The third-order valence-corrected chi connectivity index (χ3v) is 6.24. The molecule has 3 aromatic rings. The van der Waals surface area contributed by atoms with Crippen LogP contribution in [-0.4, -0.2) is 27.9 Å². The molecule has 2 heterocycles. The van der Waals surface area contributed by atoms with Crippen LogP contribution >= 0.6 is 11.3 Å². The molecule has 0 amide bonds. The van der Waals surface area contributed by atoms with Gasteiger partial charge in [0.1, 0.15) is 17.4 Å². The zero-order valence-electron chi connectivity index (χ0n) is 18.0. The summed E-state index contributed by atoms with van der Waals surface area (Å²) in [5.74, 6) is 0.154. The predicted molar refractivity (Wildman–Crippen MR) is 119 cm³/mol. The normalized spacial score (nSPS) is 13.3. The van der Waals surface area contributed by atoms with Crippen LogP contribution < -0.4 is 4.74 Å². The molecule has 162 valence electrons. The number of aromatic nitrogens is 2. The molecule has 1 aliphatic rings. The Morgan fingerprint density at radius 1 is 1.16 bits per heavy atom. The molecule has 0 N–H and O–H groups in total. The first-order chi connectivity index (χ1) is 14.9. The summed E-state index contributed by atoms with van der Waals surface area (Å²) in [5, 5.41) is 2.60. The molecule has 0 unspecified atom stereocenters.